The average molecular weight is 397 g/mol. The standard InChI is InChI=1S/C18H21FN2O3S2/c19-15-7-3-2-6-14(15)8-10-20-18(22)17-16(9-13-25-17)26(23,24)21-11-4-1-5-12-21/h2-3,6-7,9,13H,1,4-5,8,10-12H2,(H,20,22). The van der Waals surface area contributed by atoms with Gasteiger partial charge in [0.2, 0.25) is 10.0 Å². The van der Waals surface area contributed by atoms with E-state index in [2.05, 4.69) is 5.32 Å². The van der Waals surface area contributed by atoms with Gasteiger partial charge in [-0.1, -0.05) is 24.6 Å². The number of benzene rings is 1. The molecular formula is C18H21FN2O3S2. The number of hydrogen-bond donors (Lipinski definition) is 1. The Balaban J connectivity index is 1.67. The number of thiophene rings is 1. The molecule has 1 N–H and O–H groups in total. The summed E-state index contributed by atoms with van der Waals surface area (Å²) < 4.78 is 40.7. The van der Waals surface area contributed by atoms with Crippen LogP contribution in [0.1, 0.15) is 34.5 Å². The lowest BCUT2D eigenvalue weighted by molar-refractivity contribution is 0.0955. The Kier molecular flexibility index (Phi) is 6.05. The molecule has 0 radical (unpaired) electrons. The summed E-state index contributed by atoms with van der Waals surface area (Å²) in [5.41, 5.74) is 0.514. The van der Waals surface area contributed by atoms with Crippen LogP contribution in [-0.2, 0) is 16.4 Å². The minimum Gasteiger partial charge on any atom is -0.351 e. The van der Waals surface area contributed by atoms with Crippen LogP contribution in [0.5, 0.6) is 0 Å². The number of nitrogens with one attached hydrogen (secondary N) is 1. The second-order valence-electron chi connectivity index (χ2n) is 6.18. The summed E-state index contributed by atoms with van der Waals surface area (Å²) in [6.07, 6.45) is 3.05. The average Bonchev–Trinajstić information content (AvgIpc) is 3.15. The van der Waals surface area contributed by atoms with Gasteiger partial charge in [-0.3, -0.25) is 4.79 Å². The SMILES string of the molecule is O=C(NCCc1ccccc1F)c1sccc1S(=O)(=O)N1CCCCC1. The molecule has 2 aromatic rings. The van der Waals surface area contributed by atoms with E-state index in [1.165, 1.54) is 16.4 Å². The Morgan fingerprint density at radius 1 is 1.15 bits per heavy atom. The topological polar surface area (TPSA) is 66.5 Å². The summed E-state index contributed by atoms with van der Waals surface area (Å²) in [4.78, 5) is 12.7. The smallest absolute Gasteiger partial charge is 0.262 e. The third kappa shape index (κ3) is 4.13. The number of amides is 1. The first kappa shape index (κ1) is 19.0. The zero-order valence-electron chi connectivity index (χ0n) is 14.3. The van der Waals surface area contributed by atoms with Crippen LogP contribution < -0.4 is 5.32 Å². The molecule has 0 aliphatic carbocycles. The van der Waals surface area contributed by atoms with Crippen molar-refractivity contribution < 1.29 is 17.6 Å². The monoisotopic (exact) mass is 396 g/mol. The maximum Gasteiger partial charge on any atom is 0.262 e. The minimum absolute atomic E-state index is 0.0628. The van der Waals surface area contributed by atoms with Crippen molar-refractivity contribution in [2.45, 2.75) is 30.6 Å². The van der Waals surface area contributed by atoms with Crippen LogP contribution in [0.15, 0.2) is 40.6 Å². The Bertz CT molecular complexity index is 874. The number of rotatable bonds is 6. The van der Waals surface area contributed by atoms with E-state index < -0.39 is 15.9 Å². The lowest BCUT2D eigenvalue weighted by Crippen LogP contribution is -2.36. The number of sulfonamides is 1. The third-order valence-electron chi connectivity index (χ3n) is 4.41. The zero-order chi connectivity index (χ0) is 18.6. The van der Waals surface area contributed by atoms with Gasteiger partial charge in [-0.25, -0.2) is 12.8 Å². The molecule has 3 rings (SSSR count). The van der Waals surface area contributed by atoms with Crippen molar-refractivity contribution in [3.63, 3.8) is 0 Å². The molecule has 1 aliphatic heterocycles. The van der Waals surface area contributed by atoms with Crippen LogP contribution in [0, 0.1) is 5.82 Å². The van der Waals surface area contributed by atoms with Crippen molar-refractivity contribution in [1.82, 2.24) is 9.62 Å². The molecule has 1 amide bonds. The number of carbonyl (C=O) groups excluding carboxylic acids is 1. The quantitative estimate of drug-likeness (QED) is 0.816. The van der Waals surface area contributed by atoms with E-state index in [0.717, 1.165) is 30.6 Å². The second kappa shape index (κ2) is 8.28. The Morgan fingerprint density at radius 3 is 2.62 bits per heavy atom. The van der Waals surface area contributed by atoms with Gasteiger partial charge in [0.05, 0.1) is 0 Å². The first-order chi connectivity index (χ1) is 12.5. The Morgan fingerprint density at radius 2 is 1.88 bits per heavy atom. The lowest BCUT2D eigenvalue weighted by Gasteiger charge is -2.25. The van der Waals surface area contributed by atoms with Crippen molar-refractivity contribution in [2.75, 3.05) is 19.6 Å². The molecule has 26 heavy (non-hydrogen) atoms. The molecule has 1 aromatic carbocycles. The molecule has 140 valence electrons. The molecule has 1 fully saturated rings. The van der Waals surface area contributed by atoms with Crippen LogP contribution in [0.25, 0.3) is 0 Å². The molecule has 0 atom stereocenters. The molecule has 0 unspecified atom stereocenters. The van der Waals surface area contributed by atoms with Gasteiger partial charge >= 0.3 is 0 Å². The minimum atomic E-state index is -3.66. The highest BCUT2D eigenvalue weighted by molar-refractivity contribution is 7.89. The largest absolute Gasteiger partial charge is 0.351 e. The van der Waals surface area contributed by atoms with E-state index in [4.69, 9.17) is 0 Å². The first-order valence-corrected chi connectivity index (χ1v) is 10.9. The Hall–Kier alpha value is -1.77. The fraction of sp³-hybridized carbons (Fsp3) is 0.389. The maximum absolute atomic E-state index is 13.6. The van der Waals surface area contributed by atoms with Crippen LogP contribution in [0.2, 0.25) is 0 Å². The molecule has 2 heterocycles. The van der Waals surface area contributed by atoms with Gasteiger partial charge < -0.3 is 5.32 Å². The van der Waals surface area contributed by atoms with Crippen LogP contribution in [0.4, 0.5) is 4.39 Å². The van der Waals surface area contributed by atoms with E-state index in [0.29, 0.717) is 25.1 Å². The lowest BCUT2D eigenvalue weighted by atomic mass is 10.1. The van der Waals surface area contributed by atoms with Crippen molar-refractivity contribution in [3.8, 4) is 0 Å². The van der Waals surface area contributed by atoms with Crippen molar-refractivity contribution in [1.29, 1.82) is 0 Å². The molecule has 0 spiro atoms. The summed E-state index contributed by atoms with van der Waals surface area (Å²) in [5, 5.41) is 4.31. The number of nitrogens with zero attached hydrogens (tertiary/aromatic N) is 1. The predicted octanol–water partition coefficient (Wildman–Crippen LogP) is 3.03. The second-order valence-corrected chi connectivity index (χ2v) is 9.00. The molecule has 1 saturated heterocycles. The number of piperidine rings is 1. The van der Waals surface area contributed by atoms with Crippen LogP contribution in [0.3, 0.4) is 0 Å². The van der Waals surface area contributed by atoms with E-state index in [9.17, 15) is 17.6 Å². The van der Waals surface area contributed by atoms with Gasteiger partial charge in [0.1, 0.15) is 15.6 Å². The molecule has 0 bridgehead atoms. The summed E-state index contributed by atoms with van der Waals surface area (Å²) in [7, 11) is -3.66. The van der Waals surface area contributed by atoms with E-state index in [-0.39, 0.29) is 22.1 Å². The van der Waals surface area contributed by atoms with Gasteiger partial charge in [0, 0.05) is 19.6 Å². The summed E-state index contributed by atoms with van der Waals surface area (Å²) in [5.74, 6) is -0.752. The van der Waals surface area contributed by atoms with E-state index in [1.807, 2.05) is 0 Å². The predicted molar refractivity (Wildman–Crippen MR) is 99.4 cm³/mol. The normalized spacial score (nSPS) is 15.7. The van der Waals surface area contributed by atoms with E-state index in [1.54, 1.807) is 23.6 Å². The molecular weight excluding hydrogens is 375 g/mol. The summed E-state index contributed by atoms with van der Waals surface area (Å²) in [6, 6.07) is 7.88. The van der Waals surface area contributed by atoms with E-state index >= 15 is 0 Å². The van der Waals surface area contributed by atoms with Gasteiger partial charge in [-0.05, 0) is 42.3 Å². The summed E-state index contributed by atoms with van der Waals surface area (Å²) >= 11 is 1.11. The highest BCUT2D eigenvalue weighted by Crippen LogP contribution is 2.27. The van der Waals surface area contributed by atoms with Gasteiger partial charge in [0.15, 0.2) is 0 Å². The zero-order valence-corrected chi connectivity index (χ0v) is 15.9. The molecule has 1 aliphatic rings. The van der Waals surface area contributed by atoms with Gasteiger partial charge in [0.25, 0.3) is 5.91 Å². The fourth-order valence-electron chi connectivity index (χ4n) is 3.00. The maximum atomic E-state index is 13.6. The highest BCUT2D eigenvalue weighted by Gasteiger charge is 2.30. The van der Waals surface area contributed by atoms with Gasteiger partial charge in [-0.15, -0.1) is 11.3 Å². The van der Waals surface area contributed by atoms with Crippen molar-refractivity contribution in [3.05, 3.63) is 52.0 Å². The highest BCUT2D eigenvalue weighted by atomic mass is 32.2. The van der Waals surface area contributed by atoms with Crippen molar-refractivity contribution >= 4 is 27.3 Å². The summed E-state index contributed by atoms with van der Waals surface area (Å²) in [6.45, 7) is 1.22. The van der Waals surface area contributed by atoms with Crippen LogP contribution >= 0.6 is 11.3 Å². The molecule has 0 saturated carbocycles. The first-order valence-electron chi connectivity index (χ1n) is 8.59. The van der Waals surface area contributed by atoms with Gasteiger partial charge in [-0.2, -0.15) is 4.31 Å². The Labute approximate surface area is 156 Å². The number of carbonyl (C=O) groups is 1. The third-order valence-corrected chi connectivity index (χ3v) is 7.39. The molecule has 1 aromatic heterocycles. The fourth-order valence-corrected chi connectivity index (χ4v) is 5.84. The number of hydrogen-bond acceptors (Lipinski definition) is 4. The van der Waals surface area contributed by atoms with Crippen molar-refractivity contribution in [2.24, 2.45) is 0 Å². The van der Waals surface area contributed by atoms with Crippen LogP contribution in [-0.4, -0.2) is 38.3 Å². The molecule has 8 heteroatoms. The molecule has 5 nitrogen and oxygen atoms in total. The number of halogens is 1.